The fraction of sp³-hybridized carbons (Fsp3) is 0.391. The lowest BCUT2D eigenvalue weighted by Gasteiger charge is -2.24. The van der Waals surface area contributed by atoms with Gasteiger partial charge in [0.15, 0.2) is 5.82 Å². The van der Waals surface area contributed by atoms with Gasteiger partial charge in [-0.25, -0.2) is 4.98 Å². The lowest BCUT2D eigenvalue weighted by Crippen LogP contribution is -2.14. The molecule has 3 aromatic rings. The van der Waals surface area contributed by atoms with E-state index in [1.807, 2.05) is 19.9 Å². The molecule has 0 spiro atoms. The monoisotopic (exact) mass is 458 g/mol. The molecule has 10 heteroatoms. The maximum Gasteiger partial charge on any atom is 0.421 e. The van der Waals surface area contributed by atoms with E-state index < -0.39 is 11.7 Å². The number of carbonyl (C=O) groups excluding carboxylic acids is 1. The summed E-state index contributed by atoms with van der Waals surface area (Å²) in [6.45, 7) is 5.67. The molecule has 0 saturated heterocycles. The highest BCUT2D eigenvalue weighted by Crippen LogP contribution is 2.37. The fourth-order valence-electron chi connectivity index (χ4n) is 4.13. The summed E-state index contributed by atoms with van der Waals surface area (Å²) in [4.78, 5) is 19.6. The lowest BCUT2D eigenvalue weighted by atomic mass is 9.81. The third-order valence-electron chi connectivity index (χ3n) is 5.89. The molecule has 1 saturated carbocycles. The van der Waals surface area contributed by atoms with Gasteiger partial charge in [0, 0.05) is 36.5 Å². The van der Waals surface area contributed by atoms with Gasteiger partial charge in [-0.15, -0.1) is 0 Å². The zero-order valence-corrected chi connectivity index (χ0v) is 18.6. The van der Waals surface area contributed by atoms with E-state index in [4.69, 9.17) is 0 Å². The number of nitrogens with one attached hydrogen (secondary N) is 3. The molecule has 174 valence electrons. The van der Waals surface area contributed by atoms with Crippen molar-refractivity contribution in [1.29, 1.82) is 0 Å². The number of carbonyl (C=O) groups is 1. The summed E-state index contributed by atoms with van der Waals surface area (Å²) in [5.74, 6) is 0.532. The molecule has 0 atom stereocenters. The van der Waals surface area contributed by atoms with Crippen LogP contribution in [0.15, 0.2) is 24.4 Å². The standard InChI is InChI=1S/C23H25F3N6O/c1-12-9-19(13(2)8-17(12)15-4-6-16(33)7-5-15)28-22-27-11-18(23(24,25)26)21(30-22)29-20-10-14(3)31-32-20/h8-11,15H,4-7H2,1-3H3,(H3,27,28,29,30,31,32). The summed E-state index contributed by atoms with van der Waals surface area (Å²) >= 11 is 0. The van der Waals surface area contributed by atoms with Crippen molar-refractivity contribution >= 4 is 29.1 Å². The lowest BCUT2D eigenvalue weighted by molar-refractivity contribution is -0.137. The molecule has 1 aromatic carbocycles. The second kappa shape index (κ2) is 8.84. The van der Waals surface area contributed by atoms with E-state index >= 15 is 0 Å². The van der Waals surface area contributed by atoms with Crippen molar-refractivity contribution in [2.45, 2.75) is 58.5 Å². The number of halogens is 3. The van der Waals surface area contributed by atoms with Crippen LogP contribution in [0.3, 0.4) is 0 Å². The normalized spacial score (nSPS) is 15.0. The fourth-order valence-corrected chi connectivity index (χ4v) is 4.13. The smallest absolute Gasteiger partial charge is 0.324 e. The molecule has 0 bridgehead atoms. The Morgan fingerprint density at radius 2 is 1.76 bits per heavy atom. The molecule has 1 fully saturated rings. The van der Waals surface area contributed by atoms with Crippen molar-refractivity contribution < 1.29 is 18.0 Å². The van der Waals surface area contributed by atoms with Crippen LogP contribution in [0.2, 0.25) is 0 Å². The van der Waals surface area contributed by atoms with Gasteiger partial charge < -0.3 is 10.6 Å². The van der Waals surface area contributed by atoms with Gasteiger partial charge in [0.25, 0.3) is 0 Å². The first-order valence-corrected chi connectivity index (χ1v) is 10.7. The number of anilines is 4. The number of benzene rings is 1. The van der Waals surface area contributed by atoms with E-state index in [0.29, 0.717) is 35.9 Å². The van der Waals surface area contributed by atoms with Gasteiger partial charge in [0.05, 0.1) is 0 Å². The van der Waals surface area contributed by atoms with Crippen molar-refractivity contribution in [2.24, 2.45) is 0 Å². The molecule has 33 heavy (non-hydrogen) atoms. The highest BCUT2D eigenvalue weighted by Gasteiger charge is 2.35. The maximum absolute atomic E-state index is 13.5. The zero-order chi connectivity index (χ0) is 23.8. The molecular formula is C23H25F3N6O. The van der Waals surface area contributed by atoms with Gasteiger partial charge in [0.1, 0.15) is 17.2 Å². The van der Waals surface area contributed by atoms with Crippen LogP contribution in [0.1, 0.15) is 59.5 Å². The Hall–Kier alpha value is -3.43. The second-order valence-corrected chi connectivity index (χ2v) is 8.48. The van der Waals surface area contributed by atoms with Crippen LogP contribution in [-0.2, 0) is 11.0 Å². The molecule has 0 unspecified atom stereocenters. The number of hydrogen-bond donors (Lipinski definition) is 3. The summed E-state index contributed by atoms with van der Waals surface area (Å²) in [5, 5.41) is 12.3. The molecule has 4 rings (SSSR count). The van der Waals surface area contributed by atoms with Crippen LogP contribution in [0.5, 0.6) is 0 Å². The number of aromatic nitrogens is 4. The Morgan fingerprint density at radius 3 is 2.39 bits per heavy atom. The highest BCUT2D eigenvalue weighted by atomic mass is 19.4. The van der Waals surface area contributed by atoms with E-state index in [9.17, 15) is 18.0 Å². The Labute approximate surface area is 189 Å². The number of aryl methyl sites for hydroxylation is 3. The molecule has 1 aliphatic carbocycles. The minimum Gasteiger partial charge on any atom is -0.324 e. The van der Waals surface area contributed by atoms with Crippen LogP contribution in [0.25, 0.3) is 0 Å². The van der Waals surface area contributed by atoms with Gasteiger partial charge in [-0.05, 0) is 62.3 Å². The molecule has 1 aliphatic rings. The largest absolute Gasteiger partial charge is 0.421 e. The molecule has 0 radical (unpaired) electrons. The number of ketones is 1. The highest BCUT2D eigenvalue weighted by molar-refractivity contribution is 5.79. The first-order valence-electron chi connectivity index (χ1n) is 10.7. The van der Waals surface area contributed by atoms with E-state index in [-0.39, 0.29) is 17.6 Å². The van der Waals surface area contributed by atoms with Crippen molar-refractivity contribution in [3.05, 3.63) is 52.3 Å². The van der Waals surface area contributed by atoms with Gasteiger partial charge in [-0.1, -0.05) is 6.07 Å². The van der Waals surface area contributed by atoms with Crippen LogP contribution in [-0.4, -0.2) is 25.9 Å². The number of hydrogen-bond acceptors (Lipinski definition) is 6. The van der Waals surface area contributed by atoms with Crippen molar-refractivity contribution in [2.75, 3.05) is 10.6 Å². The molecular weight excluding hydrogens is 433 g/mol. The summed E-state index contributed by atoms with van der Waals surface area (Å²) in [7, 11) is 0. The molecule has 2 aromatic heterocycles. The van der Waals surface area contributed by atoms with Gasteiger partial charge >= 0.3 is 6.18 Å². The Bertz CT molecular complexity index is 1180. The predicted molar refractivity (Wildman–Crippen MR) is 119 cm³/mol. The maximum atomic E-state index is 13.5. The SMILES string of the molecule is Cc1cc(Nc2nc(Nc3cc(C)c(C4CCC(=O)CC4)cc3C)ncc2C(F)(F)F)n[nH]1. The number of aromatic amines is 1. The summed E-state index contributed by atoms with van der Waals surface area (Å²) in [6, 6.07) is 5.61. The summed E-state index contributed by atoms with van der Waals surface area (Å²) in [5.41, 5.74) is 3.61. The number of Topliss-reactive ketones (excluding diaryl/α,β-unsaturated/α-hetero) is 1. The van der Waals surface area contributed by atoms with Gasteiger partial charge in [0.2, 0.25) is 5.95 Å². The van der Waals surface area contributed by atoms with Crippen LogP contribution < -0.4 is 10.6 Å². The summed E-state index contributed by atoms with van der Waals surface area (Å²) < 4.78 is 40.5. The topological polar surface area (TPSA) is 95.6 Å². The number of rotatable bonds is 5. The van der Waals surface area contributed by atoms with Crippen molar-refractivity contribution in [3.63, 3.8) is 0 Å². The first kappa shape index (κ1) is 22.8. The van der Waals surface area contributed by atoms with E-state index in [1.54, 1.807) is 13.0 Å². The van der Waals surface area contributed by atoms with Crippen LogP contribution in [0.4, 0.5) is 36.4 Å². The van der Waals surface area contributed by atoms with E-state index in [1.165, 1.54) is 5.56 Å². The predicted octanol–water partition coefficient (Wildman–Crippen LogP) is 5.86. The van der Waals surface area contributed by atoms with Gasteiger partial charge in [-0.3, -0.25) is 9.89 Å². The second-order valence-electron chi connectivity index (χ2n) is 8.48. The third-order valence-corrected chi connectivity index (χ3v) is 5.89. The number of alkyl halides is 3. The third kappa shape index (κ3) is 5.15. The minimum atomic E-state index is -4.62. The van der Waals surface area contributed by atoms with E-state index in [0.717, 1.165) is 30.2 Å². The number of H-pyrrole nitrogens is 1. The number of nitrogens with zero attached hydrogens (tertiary/aromatic N) is 3. The van der Waals surface area contributed by atoms with Crippen LogP contribution >= 0.6 is 0 Å². The first-order chi connectivity index (χ1) is 15.6. The average Bonchev–Trinajstić information content (AvgIpc) is 3.15. The quantitative estimate of drug-likeness (QED) is 0.443. The molecule has 7 nitrogen and oxygen atoms in total. The molecule has 0 amide bonds. The van der Waals surface area contributed by atoms with Crippen molar-refractivity contribution in [3.8, 4) is 0 Å². The Kier molecular flexibility index (Phi) is 6.09. The Balaban J connectivity index is 1.61. The molecule has 3 N–H and O–H groups in total. The van der Waals surface area contributed by atoms with Crippen molar-refractivity contribution in [1.82, 2.24) is 20.2 Å². The summed E-state index contributed by atoms with van der Waals surface area (Å²) in [6.07, 6.45) is -0.971. The van der Waals surface area contributed by atoms with Crippen LogP contribution in [0, 0.1) is 20.8 Å². The zero-order valence-electron chi connectivity index (χ0n) is 18.6. The van der Waals surface area contributed by atoms with E-state index in [2.05, 4.69) is 36.9 Å². The molecule has 0 aliphatic heterocycles. The average molecular weight is 458 g/mol. The Morgan fingerprint density at radius 1 is 1.03 bits per heavy atom. The molecule has 2 heterocycles. The minimum absolute atomic E-state index is 0.0382. The van der Waals surface area contributed by atoms with Gasteiger partial charge in [-0.2, -0.15) is 23.3 Å².